The first kappa shape index (κ1) is 13.6. The van der Waals surface area contributed by atoms with Gasteiger partial charge in [0.2, 0.25) is 6.79 Å². The third-order valence-corrected chi connectivity index (χ3v) is 4.65. The molecule has 0 radical (unpaired) electrons. The van der Waals surface area contributed by atoms with E-state index in [1.807, 2.05) is 24.3 Å². The lowest BCUT2D eigenvalue weighted by atomic mass is 10.2. The minimum atomic E-state index is 0.300. The van der Waals surface area contributed by atoms with Crippen LogP contribution >= 0.6 is 27.7 Å². The van der Waals surface area contributed by atoms with Gasteiger partial charge in [-0.25, -0.2) is 0 Å². The van der Waals surface area contributed by atoms with Gasteiger partial charge in [0.1, 0.15) is 0 Å². The Kier molecular flexibility index (Phi) is 4.08. The predicted molar refractivity (Wildman–Crippen MR) is 85.8 cm³/mol. The highest BCUT2D eigenvalue weighted by molar-refractivity contribution is 9.10. The number of rotatable bonds is 4. The molecule has 20 heavy (non-hydrogen) atoms. The molecule has 0 atom stereocenters. The average molecular weight is 352 g/mol. The van der Waals surface area contributed by atoms with Crippen LogP contribution in [0.4, 0.5) is 5.69 Å². The van der Waals surface area contributed by atoms with Crippen LogP contribution in [0, 0.1) is 0 Å². The maximum Gasteiger partial charge on any atom is 0.231 e. The zero-order chi connectivity index (χ0) is 13.9. The molecule has 2 aromatic carbocycles. The third-order valence-electron chi connectivity index (χ3n) is 3.12. The number of ether oxygens (including phenoxy) is 2. The molecule has 0 saturated carbocycles. The van der Waals surface area contributed by atoms with Crippen LogP contribution in [0.1, 0.15) is 5.56 Å². The quantitative estimate of drug-likeness (QED) is 0.820. The second-order valence-electron chi connectivity index (χ2n) is 4.35. The van der Waals surface area contributed by atoms with Gasteiger partial charge in [-0.1, -0.05) is 28.1 Å². The van der Waals surface area contributed by atoms with Crippen molar-refractivity contribution in [2.45, 2.75) is 11.4 Å². The van der Waals surface area contributed by atoms with Gasteiger partial charge in [0.05, 0.1) is 0 Å². The summed E-state index contributed by atoms with van der Waals surface area (Å²) in [6.45, 7) is 1.03. The van der Waals surface area contributed by atoms with E-state index in [9.17, 15) is 0 Å². The minimum absolute atomic E-state index is 0.300. The van der Waals surface area contributed by atoms with Gasteiger partial charge in [0.25, 0.3) is 0 Å². The molecular formula is C15H14BrNO2S. The largest absolute Gasteiger partial charge is 0.454 e. The fourth-order valence-electron chi connectivity index (χ4n) is 2.08. The number of hydrogen-bond donors (Lipinski definition) is 1. The van der Waals surface area contributed by atoms with Crippen LogP contribution in [0.25, 0.3) is 0 Å². The zero-order valence-electron chi connectivity index (χ0n) is 11.0. The van der Waals surface area contributed by atoms with Crippen molar-refractivity contribution in [3.8, 4) is 11.5 Å². The Morgan fingerprint density at radius 1 is 1.20 bits per heavy atom. The Labute approximate surface area is 130 Å². The molecule has 104 valence electrons. The first-order chi connectivity index (χ1) is 9.78. The van der Waals surface area contributed by atoms with Crippen molar-refractivity contribution in [2.24, 2.45) is 0 Å². The number of para-hydroxylation sites is 1. The molecular weight excluding hydrogens is 338 g/mol. The van der Waals surface area contributed by atoms with Crippen LogP contribution in [0.3, 0.4) is 0 Å². The van der Waals surface area contributed by atoms with Crippen LogP contribution in [0.2, 0.25) is 0 Å². The van der Waals surface area contributed by atoms with E-state index in [4.69, 9.17) is 9.47 Å². The molecule has 0 bridgehead atoms. The molecule has 1 aliphatic rings. The lowest BCUT2D eigenvalue weighted by Gasteiger charge is -2.12. The smallest absolute Gasteiger partial charge is 0.231 e. The molecule has 1 heterocycles. The number of halogens is 1. The average Bonchev–Trinajstić information content (AvgIpc) is 2.92. The van der Waals surface area contributed by atoms with Crippen molar-refractivity contribution in [1.29, 1.82) is 0 Å². The molecule has 0 spiro atoms. The van der Waals surface area contributed by atoms with Crippen molar-refractivity contribution in [1.82, 2.24) is 0 Å². The van der Waals surface area contributed by atoms with Crippen LogP contribution < -0.4 is 14.8 Å². The summed E-state index contributed by atoms with van der Waals surface area (Å²) in [5, 5.41) is 3.47. The van der Waals surface area contributed by atoms with Gasteiger partial charge in [-0.2, -0.15) is 0 Å². The highest BCUT2D eigenvalue weighted by Crippen LogP contribution is 2.37. The molecule has 0 fully saturated rings. The molecule has 0 aromatic heterocycles. The minimum Gasteiger partial charge on any atom is -0.454 e. The lowest BCUT2D eigenvalue weighted by Crippen LogP contribution is -2.01. The van der Waals surface area contributed by atoms with Gasteiger partial charge in [0, 0.05) is 21.6 Å². The summed E-state index contributed by atoms with van der Waals surface area (Å²) in [5.41, 5.74) is 2.29. The van der Waals surface area contributed by atoms with Crippen molar-refractivity contribution in [3.05, 3.63) is 46.4 Å². The van der Waals surface area contributed by atoms with Crippen LogP contribution in [-0.4, -0.2) is 13.0 Å². The number of hydrogen-bond acceptors (Lipinski definition) is 4. The number of anilines is 1. The van der Waals surface area contributed by atoms with Gasteiger partial charge in [-0.15, -0.1) is 11.8 Å². The number of nitrogens with one attached hydrogen (secondary N) is 1. The molecule has 1 N–H and O–H groups in total. The highest BCUT2D eigenvalue weighted by Gasteiger charge is 2.16. The van der Waals surface area contributed by atoms with Gasteiger partial charge < -0.3 is 14.8 Å². The van der Waals surface area contributed by atoms with E-state index in [0.717, 1.165) is 33.8 Å². The maximum atomic E-state index is 5.42. The predicted octanol–water partition coefficient (Wildman–Crippen LogP) is 4.51. The van der Waals surface area contributed by atoms with Crippen molar-refractivity contribution in [2.75, 3.05) is 18.4 Å². The fourth-order valence-corrected chi connectivity index (χ4v) is 3.11. The Hall–Kier alpha value is -1.33. The van der Waals surface area contributed by atoms with Gasteiger partial charge >= 0.3 is 0 Å². The second-order valence-corrected chi connectivity index (χ2v) is 6.05. The first-order valence-corrected chi connectivity index (χ1v) is 8.24. The topological polar surface area (TPSA) is 30.5 Å². The first-order valence-electron chi connectivity index (χ1n) is 6.23. The number of thioether (sulfide) groups is 1. The van der Waals surface area contributed by atoms with E-state index < -0.39 is 0 Å². The standard InChI is InChI=1S/C15H14BrNO2S/c1-20-15-5-3-2-4-12(15)17-8-10-6-13-14(7-11(10)16)19-9-18-13/h2-7,17H,8-9H2,1H3. The normalized spacial score (nSPS) is 12.5. The molecule has 1 aliphatic heterocycles. The zero-order valence-corrected chi connectivity index (χ0v) is 13.4. The molecule has 3 rings (SSSR count). The van der Waals surface area contributed by atoms with Crippen molar-refractivity contribution >= 4 is 33.4 Å². The van der Waals surface area contributed by atoms with Gasteiger partial charge in [-0.3, -0.25) is 0 Å². The molecule has 0 amide bonds. The van der Waals surface area contributed by atoms with E-state index in [0.29, 0.717) is 6.79 Å². The highest BCUT2D eigenvalue weighted by atomic mass is 79.9. The Bertz CT molecular complexity index is 633. The number of fused-ring (bicyclic) bond motifs is 1. The van der Waals surface area contributed by atoms with Gasteiger partial charge in [0.15, 0.2) is 11.5 Å². The molecule has 3 nitrogen and oxygen atoms in total. The Morgan fingerprint density at radius 3 is 2.75 bits per heavy atom. The summed E-state index contributed by atoms with van der Waals surface area (Å²) in [6, 6.07) is 12.3. The van der Waals surface area contributed by atoms with Crippen LogP contribution in [0.15, 0.2) is 45.8 Å². The Balaban J connectivity index is 1.78. The molecule has 5 heteroatoms. The second kappa shape index (κ2) is 5.97. The molecule has 0 aliphatic carbocycles. The van der Waals surface area contributed by atoms with Crippen LogP contribution in [0.5, 0.6) is 11.5 Å². The Morgan fingerprint density at radius 2 is 1.95 bits per heavy atom. The van der Waals surface area contributed by atoms with Crippen molar-refractivity contribution in [3.63, 3.8) is 0 Å². The van der Waals surface area contributed by atoms with E-state index >= 15 is 0 Å². The van der Waals surface area contributed by atoms with Gasteiger partial charge in [-0.05, 0) is 36.1 Å². The summed E-state index contributed by atoms with van der Waals surface area (Å²) in [6.07, 6.45) is 2.08. The number of benzene rings is 2. The fraction of sp³-hybridized carbons (Fsp3) is 0.200. The monoisotopic (exact) mass is 351 g/mol. The molecule has 0 unspecified atom stereocenters. The summed E-state index contributed by atoms with van der Waals surface area (Å²) in [7, 11) is 0. The summed E-state index contributed by atoms with van der Waals surface area (Å²) < 4.78 is 11.8. The lowest BCUT2D eigenvalue weighted by molar-refractivity contribution is 0.174. The molecule has 2 aromatic rings. The van der Waals surface area contributed by atoms with E-state index in [2.05, 4.69) is 39.6 Å². The van der Waals surface area contributed by atoms with E-state index in [-0.39, 0.29) is 0 Å². The van der Waals surface area contributed by atoms with E-state index in [1.54, 1.807) is 11.8 Å². The third kappa shape index (κ3) is 2.74. The van der Waals surface area contributed by atoms with Crippen molar-refractivity contribution < 1.29 is 9.47 Å². The molecule has 0 saturated heterocycles. The van der Waals surface area contributed by atoms with E-state index in [1.165, 1.54) is 4.90 Å². The summed E-state index contributed by atoms with van der Waals surface area (Å²) in [5.74, 6) is 1.60. The summed E-state index contributed by atoms with van der Waals surface area (Å²) in [4.78, 5) is 1.24. The SMILES string of the molecule is CSc1ccccc1NCc1cc2c(cc1Br)OCO2. The maximum absolute atomic E-state index is 5.42. The summed E-state index contributed by atoms with van der Waals surface area (Å²) >= 11 is 5.31. The van der Waals surface area contributed by atoms with Crippen LogP contribution in [-0.2, 0) is 6.54 Å².